The van der Waals surface area contributed by atoms with E-state index in [-0.39, 0.29) is 5.75 Å². The summed E-state index contributed by atoms with van der Waals surface area (Å²) < 4.78 is 45.6. The minimum atomic E-state index is -4.68. The van der Waals surface area contributed by atoms with Crippen molar-refractivity contribution >= 4 is 0 Å². The van der Waals surface area contributed by atoms with Crippen LogP contribution in [0.3, 0.4) is 0 Å². The van der Waals surface area contributed by atoms with Gasteiger partial charge in [0.1, 0.15) is 11.5 Å². The van der Waals surface area contributed by atoms with Crippen LogP contribution < -0.4 is 4.74 Å². The summed E-state index contributed by atoms with van der Waals surface area (Å²) in [7, 11) is 0. The average molecular weight is 304 g/mol. The van der Waals surface area contributed by atoms with Crippen LogP contribution in [0.15, 0.2) is 71.3 Å². The largest absolute Gasteiger partial charge is 0.573 e. The molecule has 1 aromatic heterocycles. The molecule has 0 aliphatic rings. The highest BCUT2D eigenvalue weighted by Crippen LogP contribution is 2.29. The second-order valence-corrected chi connectivity index (χ2v) is 4.63. The number of ether oxygens (including phenoxy) is 1. The second-order valence-electron chi connectivity index (χ2n) is 4.63. The molecule has 0 amide bonds. The van der Waals surface area contributed by atoms with Crippen molar-refractivity contribution in [1.82, 2.24) is 0 Å². The van der Waals surface area contributed by atoms with Crippen LogP contribution >= 0.6 is 0 Å². The third-order valence-electron chi connectivity index (χ3n) is 3.09. The Morgan fingerprint density at radius 2 is 1.50 bits per heavy atom. The van der Waals surface area contributed by atoms with Gasteiger partial charge in [-0.1, -0.05) is 30.3 Å². The Labute approximate surface area is 124 Å². The lowest BCUT2D eigenvalue weighted by molar-refractivity contribution is -0.274. The Morgan fingerprint density at radius 3 is 2.14 bits per heavy atom. The molecule has 0 bridgehead atoms. The molecule has 3 rings (SSSR count). The van der Waals surface area contributed by atoms with Crippen LogP contribution in [-0.2, 0) is 0 Å². The molecule has 0 atom stereocenters. The standard InChI is InChI=1S/C17H11F3O2/c18-17(19,20)22-15-8-6-12(7-9-15)13-3-1-4-14(11-13)16-5-2-10-21-16/h1-11H. The van der Waals surface area contributed by atoms with E-state index < -0.39 is 6.36 Å². The first-order chi connectivity index (χ1) is 10.5. The van der Waals surface area contributed by atoms with Gasteiger partial charge in [0, 0.05) is 5.56 Å². The van der Waals surface area contributed by atoms with Crippen molar-refractivity contribution in [2.45, 2.75) is 6.36 Å². The molecule has 0 fully saturated rings. The minimum Gasteiger partial charge on any atom is -0.464 e. The fraction of sp³-hybridized carbons (Fsp3) is 0.0588. The molecule has 5 heteroatoms. The van der Waals surface area contributed by atoms with Crippen LogP contribution in [0.2, 0.25) is 0 Å². The molecule has 0 saturated heterocycles. The van der Waals surface area contributed by atoms with E-state index in [2.05, 4.69) is 4.74 Å². The third-order valence-corrected chi connectivity index (χ3v) is 3.09. The maximum Gasteiger partial charge on any atom is 0.573 e. The van der Waals surface area contributed by atoms with E-state index in [0.29, 0.717) is 0 Å². The lowest BCUT2D eigenvalue weighted by atomic mass is 10.0. The van der Waals surface area contributed by atoms with Crippen LogP contribution in [0.1, 0.15) is 0 Å². The number of rotatable bonds is 3. The monoisotopic (exact) mass is 304 g/mol. The molecule has 0 spiro atoms. The number of alkyl halides is 3. The second kappa shape index (κ2) is 5.60. The molecule has 1 heterocycles. The van der Waals surface area contributed by atoms with E-state index in [9.17, 15) is 13.2 Å². The molecular formula is C17H11F3O2. The van der Waals surface area contributed by atoms with Crippen molar-refractivity contribution in [1.29, 1.82) is 0 Å². The zero-order valence-corrected chi connectivity index (χ0v) is 11.3. The van der Waals surface area contributed by atoms with Gasteiger partial charge in [-0.25, -0.2) is 0 Å². The van der Waals surface area contributed by atoms with Gasteiger partial charge >= 0.3 is 6.36 Å². The Kier molecular flexibility index (Phi) is 3.63. The normalized spacial score (nSPS) is 11.4. The molecule has 3 aromatic rings. The maximum absolute atomic E-state index is 12.1. The smallest absolute Gasteiger partial charge is 0.464 e. The Morgan fingerprint density at radius 1 is 0.773 bits per heavy atom. The molecule has 0 radical (unpaired) electrons. The van der Waals surface area contributed by atoms with Crippen molar-refractivity contribution in [2.75, 3.05) is 0 Å². The van der Waals surface area contributed by atoms with Gasteiger partial charge in [-0.2, -0.15) is 0 Å². The first kappa shape index (κ1) is 14.3. The number of hydrogen-bond donors (Lipinski definition) is 0. The van der Waals surface area contributed by atoms with Gasteiger partial charge < -0.3 is 9.15 Å². The molecular weight excluding hydrogens is 293 g/mol. The van der Waals surface area contributed by atoms with E-state index >= 15 is 0 Å². The van der Waals surface area contributed by atoms with Crippen LogP contribution in [-0.4, -0.2) is 6.36 Å². The summed E-state index contributed by atoms with van der Waals surface area (Å²) in [5.74, 6) is 0.498. The lowest BCUT2D eigenvalue weighted by Crippen LogP contribution is -2.16. The maximum atomic E-state index is 12.1. The molecule has 22 heavy (non-hydrogen) atoms. The summed E-state index contributed by atoms with van der Waals surface area (Å²) in [6.45, 7) is 0. The van der Waals surface area contributed by atoms with E-state index in [4.69, 9.17) is 4.42 Å². The lowest BCUT2D eigenvalue weighted by Gasteiger charge is -2.09. The van der Waals surface area contributed by atoms with Crippen molar-refractivity contribution in [3.8, 4) is 28.2 Å². The predicted molar refractivity (Wildman–Crippen MR) is 76.3 cm³/mol. The highest BCUT2D eigenvalue weighted by Gasteiger charge is 2.30. The van der Waals surface area contributed by atoms with E-state index in [1.807, 2.05) is 30.3 Å². The Balaban J connectivity index is 1.87. The predicted octanol–water partition coefficient (Wildman–Crippen LogP) is 5.51. The van der Waals surface area contributed by atoms with Gasteiger partial charge in [-0.3, -0.25) is 0 Å². The number of benzene rings is 2. The first-order valence-corrected chi connectivity index (χ1v) is 6.51. The summed E-state index contributed by atoms with van der Waals surface area (Å²) in [6, 6.07) is 17.0. The SMILES string of the molecule is FC(F)(F)Oc1ccc(-c2cccc(-c3ccco3)c2)cc1. The molecule has 0 aliphatic carbocycles. The molecule has 0 unspecified atom stereocenters. The Hall–Kier alpha value is -2.69. The fourth-order valence-electron chi connectivity index (χ4n) is 2.14. The van der Waals surface area contributed by atoms with Gasteiger partial charge in [0.25, 0.3) is 0 Å². The van der Waals surface area contributed by atoms with Crippen LogP contribution in [0.5, 0.6) is 5.75 Å². The highest BCUT2D eigenvalue weighted by atomic mass is 19.4. The van der Waals surface area contributed by atoms with Gasteiger partial charge in [0.05, 0.1) is 6.26 Å². The summed E-state index contributed by atoms with van der Waals surface area (Å²) in [5.41, 5.74) is 2.58. The number of furan rings is 1. The number of hydrogen-bond acceptors (Lipinski definition) is 2. The molecule has 112 valence electrons. The zero-order valence-electron chi connectivity index (χ0n) is 11.3. The van der Waals surface area contributed by atoms with Crippen LogP contribution in [0.25, 0.3) is 22.5 Å². The van der Waals surface area contributed by atoms with Crippen molar-refractivity contribution < 1.29 is 22.3 Å². The van der Waals surface area contributed by atoms with E-state index in [1.54, 1.807) is 24.5 Å². The average Bonchev–Trinajstić information content (AvgIpc) is 3.01. The summed E-state index contributed by atoms with van der Waals surface area (Å²) in [5, 5.41) is 0. The molecule has 2 aromatic carbocycles. The summed E-state index contributed by atoms with van der Waals surface area (Å²) >= 11 is 0. The quantitative estimate of drug-likeness (QED) is 0.636. The number of halogens is 3. The minimum absolute atomic E-state index is 0.238. The molecule has 0 N–H and O–H groups in total. The van der Waals surface area contributed by atoms with E-state index in [1.165, 1.54) is 12.1 Å². The van der Waals surface area contributed by atoms with Gasteiger partial charge in [-0.15, -0.1) is 13.2 Å². The molecule has 0 saturated carbocycles. The Bertz CT molecular complexity index is 744. The van der Waals surface area contributed by atoms with Crippen LogP contribution in [0, 0.1) is 0 Å². The first-order valence-electron chi connectivity index (χ1n) is 6.51. The van der Waals surface area contributed by atoms with Crippen molar-refractivity contribution in [3.05, 3.63) is 66.9 Å². The van der Waals surface area contributed by atoms with E-state index in [0.717, 1.165) is 22.5 Å². The summed E-state index contributed by atoms with van der Waals surface area (Å²) in [6.07, 6.45) is -3.09. The molecule has 0 aliphatic heterocycles. The zero-order chi connectivity index (χ0) is 15.6. The van der Waals surface area contributed by atoms with Gasteiger partial charge in [0.15, 0.2) is 0 Å². The van der Waals surface area contributed by atoms with Crippen LogP contribution in [0.4, 0.5) is 13.2 Å². The van der Waals surface area contributed by atoms with Gasteiger partial charge in [-0.05, 0) is 41.5 Å². The van der Waals surface area contributed by atoms with Crippen molar-refractivity contribution in [3.63, 3.8) is 0 Å². The van der Waals surface area contributed by atoms with Gasteiger partial charge in [0.2, 0.25) is 0 Å². The summed E-state index contributed by atoms with van der Waals surface area (Å²) in [4.78, 5) is 0. The molecule has 2 nitrogen and oxygen atoms in total. The van der Waals surface area contributed by atoms with Crippen molar-refractivity contribution in [2.24, 2.45) is 0 Å². The fourth-order valence-corrected chi connectivity index (χ4v) is 2.14. The topological polar surface area (TPSA) is 22.4 Å². The third kappa shape index (κ3) is 3.31. The highest BCUT2D eigenvalue weighted by molar-refractivity contribution is 5.71.